The highest BCUT2D eigenvalue weighted by Crippen LogP contribution is 2.29. The summed E-state index contributed by atoms with van der Waals surface area (Å²) in [6.07, 6.45) is 4.88. The molecule has 0 radical (unpaired) electrons. The van der Waals surface area contributed by atoms with Crippen LogP contribution in [0.2, 0.25) is 0 Å². The number of carboxylic acid groups (broad SMARTS) is 1. The number of aliphatic hydroxyl groups excluding tert-OH is 3. The minimum Gasteiger partial charge on any atom is -0.481 e. The number of aromatic nitrogens is 1. The van der Waals surface area contributed by atoms with Crippen LogP contribution >= 0.6 is 0 Å². The summed E-state index contributed by atoms with van der Waals surface area (Å²) in [4.78, 5) is 11.0. The topological polar surface area (TPSA) is 129 Å². The van der Waals surface area contributed by atoms with Crippen molar-refractivity contribution in [3.8, 4) is 5.69 Å². The Morgan fingerprint density at radius 2 is 1.49 bits per heavy atom. The van der Waals surface area contributed by atoms with Gasteiger partial charge in [0.2, 0.25) is 0 Å². The minimum absolute atomic E-state index is 0.156. The Morgan fingerprint density at radius 1 is 0.838 bits per heavy atom. The maximum absolute atomic E-state index is 11.0. The molecule has 4 aromatic rings. The van der Waals surface area contributed by atoms with E-state index in [1.165, 1.54) is 33.3 Å². The summed E-state index contributed by atoms with van der Waals surface area (Å²) in [5.74, 6) is -0.758. The molecule has 0 aliphatic heterocycles. The molecule has 7 heteroatoms. The first-order valence-corrected chi connectivity index (χ1v) is 12.4. The lowest BCUT2D eigenvalue weighted by atomic mass is 10.0. The number of fused-ring (bicyclic) bond motifs is 1. The Kier molecular flexibility index (Phi) is 10.00. The van der Waals surface area contributed by atoms with Crippen LogP contribution in [0.5, 0.6) is 0 Å². The molecule has 0 atom stereocenters. The van der Waals surface area contributed by atoms with E-state index in [1.807, 2.05) is 6.07 Å². The summed E-state index contributed by atoms with van der Waals surface area (Å²) < 4.78 is 2.27. The van der Waals surface area contributed by atoms with Gasteiger partial charge >= 0.3 is 5.97 Å². The summed E-state index contributed by atoms with van der Waals surface area (Å²) in [6.45, 7) is 0.923. The van der Waals surface area contributed by atoms with E-state index >= 15 is 0 Å². The molecular weight excluding hydrogens is 468 g/mol. The molecule has 1 aromatic heterocycles. The van der Waals surface area contributed by atoms with Gasteiger partial charge in [-0.05, 0) is 66.6 Å². The van der Waals surface area contributed by atoms with E-state index < -0.39 is 31.3 Å². The third kappa shape index (κ3) is 7.50. The summed E-state index contributed by atoms with van der Waals surface area (Å²) in [6, 6.07) is 25.3. The van der Waals surface area contributed by atoms with Gasteiger partial charge < -0.3 is 30.7 Å². The van der Waals surface area contributed by atoms with Crippen LogP contribution in [0, 0.1) is 6.92 Å². The van der Waals surface area contributed by atoms with Gasteiger partial charge in [-0.1, -0.05) is 54.6 Å². The van der Waals surface area contributed by atoms with Gasteiger partial charge in [-0.25, -0.2) is 0 Å². The fourth-order valence-corrected chi connectivity index (χ4v) is 4.06. The molecule has 0 aliphatic rings. The predicted molar refractivity (Wildman–Crippen MR) is 146 cm³/mol. The summed E-state index contributed by atoms with van der Waals surface area (Å²) >= 11 is 0. The van der Waals surface area contributed by atoms with Crippen LogP contribution < -0.4 is 5.73 Å². The van der Waals surface area contributed by atoms with E-state index in [1.54, 1.807) is 0 Å². The molecule has 6 N–H and O–H groups in total. The van der Waals surface area contributed by atoms with E-state index in [4.69, 9.17) is 26.2 Å². The highest BCUT2D eigenvalue weighted by molar-refractivity contribution is 5.86. The second kappa shape index (κ2) is 13.2. The largest absolute Gasteiger partial charge is 0.481 e. The van der Waals surface area contributed by atoms with Crippen molar-refractivity contribution in [2.45, 2.75) is 38.1 Å². The summed E-state index contributed by atoms with van der Waals surface area (Å²) in [5, 5.41) is 35.3. The third-order valence-electron chi connectivity index (χ3n) is 6.42. The molecule has 0 saturated heterocycles. The van der Waals surface area contributed by atoms with Gasteiger partial charge in [0, 0.05) is 23.7 Å². The number of hydrogen-bond donors (Lipinski definition) is 5. The number of aryl methyl sites for hydroxylation is 4. The van der Waals surface area contributed by atoms with Crippen molar-refractivity contribution >= 4 is 16.9 Å². The van der Waals surface area contributed by atoms with Crippen molar-refractivity contribution in [3.63, 3.8) is 0 Å². The number of carbonyl (C=O) groups is 1. The zero-order valence-electron chi connectivity index (χ0n) is 21.2. The number of para-hydroxylation sites is 1. The van der Waals surface area contributed by atoms with Crippen LogP contribution in [0.4, 0.5) is 0 Å². The van der Waals surface area contributed by atoms with Crippen LogP contribution in [-0.2, 0) is 24.1 Å². The SMILES string of the molecule is Cc1ccccc1-n1cc(CCc2ccccc2)c2cc(CCC(=O)O)ccc21.NC(CO)(CO)CO. The molecule has 4 rings (SSSR count). The number of nitrogens with two attached hydrogens (primary N) is 1. The van der Waals surface area contributed by atoms with Gasteiger partial charge in [0.05, 0.1) is 30.9 Å². The molecule has 0 bridgehead atoms. The molecule has 196 valence electrons. The normalized spacial score (nSPS) is 11.3. The van der Waals surface area contributed by atoms with Gasteiger partial charge in [-0.15, -0.1) is 0 Å². The first-order valence-electron chi connectivity index (χ1n) is 12.4. The fourth-order valence-electron chi connectivity index (χ4n) is 4.06. The summed E-state index contributed by atoms with van der Waals surface area (Å²) in [5.41, 5.74) is 11.2. The van der Waals surface area contributed by atoms with E-state index in [0.717, 1.165) is 18.4 Å². The molecule has 0 aliphatic carbocycles. The van der Waals surface area contributed by atoms with E-state index in [2.05, 4.69) is 84.4 Å². The quantitative estimate of drug-likeness (QED) is 0.225. The van der Waals surface area contributed by atoms with Crippen LogP contribution in [-0.4, -0.2) is 56.3 Å². The zero-order valence-corrected chi connectivity index (χ0v) is 21.2. The minimum atomic E-state index is -1.21. The number of rotatable bonds is 10. The first-order chi connectivity index (χ1) is 17.8. The maximum atomic E-state index is 11.0. The van der Waals surface area contributed by atoms with Crippen molar-refractivity contribution < 1.29 is 25.2 Å². The van der Waals surface area contributed by atoms with Crippen LogP contribution in [0.25, 0.3) is 16.6 Å². The number of aliphatic carboxylic acids is 1. The Labute approximate surface area is 217 Å². The van der Waals surface area contributed by atoms with E-state index in [-0.39, 0.29) is 6.42 Å². The van der Waals surface area contributed by atoms with Crippen molar-refractivity contribution in [1.82, 2.24) is 4.57 Å². The monoisotopic (exact) mass is 504 g/mol. The molecule has 0 saturated carbocycles. The molecule has 3 aromatic carbocycles. The smallest absolute Gasteiger partial charge is 0.303 e. The first kappa shape index (κ1) is 28.1. The standard InChI is InChI=1S/C26H25NO2.C4H11NO3/c1-19-7-5-6-10-24(19)27-18-22(14-11-20-8-3-2-4-9-20)23-17-21(12-15-25(23)27)13-16-26(28)29;5-4(1-6,2-7)3-8/h2-10,12,15,17-18H,11,13-14,16H2,1H3,(H,28,29);6-8H,1-3,5H2. The lowest BCUT2D eigenvalue weighted by Gasteiger charge is -2.20. The molecule has 0 unspecified atom stereocenters. The van der Waals surface area contributed by atoms with Crippen LogP contribution in [0.15, 0.2) is 79.0 Å². The van der Waals surface area contributed by atoms with Gasteiger partial charge in [0.25, 0.3) is 0 Å². The lowest BCUT2D eigenvalue weighted by Crippen LogP contribution is -2.50. The second-order valence-electron chi connectivity index (χ2n) is 9.38. The number of hydrogen-bond acceptors (Lipinski definition) is 5. The highest BCUT2D eigenvalue weighted by atomic mass is 16.4. The van der Waals surface area contributed by atoms with Gasteiger partial charge in [-0.3, -0.25) is 4.79 Å². The van der Waals surface area contributed by atoms with E-state index in [9.17, 15) is 4.79 Å². The summed E-state index contributed by atoms with van der Waals surface area (Å²) in [7, 11) is 0. The molecule has 0 amide bonds. The average Bonchev–Trinajstić information content (AvgIpc) is 3.29. The Balaban J connectivity index is 0.000000414. The zero-order chi connectivity index (χ0) is 26.8. The van der Waals surface area contributed by atoms with Crippen molar-refractivity contribution in [2.75, 3.05) is 19.8 Å². The number of carboxylic acids is 1. The second-order valence-corrected chi connectivity index (χ2v) is 9.38. The van der Waals surface area contributed by atoms with Gasteiger partial charge in [0.15, 0.2) is 0 Å². The van der Waals surface area contributed by atoms with Gasteiger partial charge in [0.1, 0.15) is 0 Å². The van der Waals surface area contributed by atoms with Gasteiger partial charge in [-0.2, -0.15) is 0 Å². The lowest BCUT2D eigenvalue weighted by molar-refractivity contribution is -0.136. The molecule has 0 fully saturated rings. The molecular formula is C30H36N2O5. The predicted octanol–water partition coefficient (Wildman–Crippen LogP) is 3.40. The number of nitrogens with zero attached hydrogens (tertiary/aromatic N) is 1. The third-order valence-corrected chi connectivity index (χ3v) is 6.42. The van der Waals surface area contributed by atoms with Crippen LogP contribution in [0.3, 0.4) is 0 Å². The Morgan fingerprint density at radius 3 is 2.08 bits per heavy atom. The Bertz CT molecular complexity index is 1290. The molecule has 0 spiro atoms. The van der Waals surface area contributed by atoms with Crippen molar-refractivity contribution in [2.24, 2.45) is 5.73 Å². The van der Waals surface area contributed by atoms with E-state index in [0.29, 0.717) is 6.42 Å². The highest BCUT2D eigenvalue weighted by Gasteiger charge is 2.20. The van der Waals surface area contributed by atoms with Crippen molar-refractivity contribution in [3.05, 3.63) is 101 Å². The van der Waals surface area contributed by atoms with Crippen LogP contribution in [0.1, 0.15) is 28.7 Å². The molecule has 7 nitrogen and oxygen atoms in total. The number of aliphatic hydroxyl groups is 3. The maximum Gasteiger partial charge on any atom is 0.303 e. The fraction of sp³-hybridized carbons (Fsp3) is 0.300. The molecule has 37 heavy (non-hydrogen) atoms. The Hall–Kier alpha value is -3.49. The van der Waals surface area contributed by atoms with Crippen molar-refractivity contribution in [1.29, 1.82) is 0 Å². The average molecular weight is 505 g/mol. The number of benzene rings is 3. The molecule has 1 heterocycles.